The molecule has 2 aromatic rings. The van der Waals surface area contributed by atoms with Crippen LogP contribution >= 0.6 is 15.9 Å². The lowest BCUT2D eigenvalue weighted by molar-refractivity contribution is -0.136. The average Bonchev–Trinajstić information content (AvgIpc) is 2.60. The van der Waals surface area contributed by atoms with Crippen LogP contribution in [0.3, 0.4) is 0 Å². The monoisotopic (exact) mass is 281 g/mol. The lowest BCUT2D eigenvalue weighted by Crippen LogP contribution is -2.01. The highest BCUT2D eigenvalue weighted by atomic mass is 79.9. The zero-order valence-corrected chi connectivity index (χ0v) is 9.73. The lowest BCUT2D eigenvalue weighted by Gasteiger charge is -1.98. The third-order valence-electron chi connectivity index (χ3n) is 2.01. The Labute approximate surface area is 99.7 Å². The summed E-state index contributed by atoms with van der Waals surface area (Å²) in [7, 11) is 0. The summed E-state index contributed by atoms with van der Waals surface area (Å²) in [5.74, 6) is -0.902. The minimum absolute atomic E-state index is 0.0944. The van der Waals surface area contributed by atoms with Crippen molar-refractivity contribution in [3.63, 3.8) is 0 Å². The fourth-order valence-corrected chi connectivity index (χ4v) is 1.81. The van der Waals surface area contributed by atoms with Crippen molar-refractivity contribution < 1.29 is 9.90 Å². The number of hydrogen-bond acceptors (Lipinski definition) is 3. The number of pyridine rings is 1. The van der Waals surface area contributed by atoms with Crippen LogP contribution < -0.4 is 0 Å². The van der Waals surface area contributed by atoms with Crippen molar-refractivity contribution in [2.24, 2.45) is 0 Å². The second kappa shape index (κ2) is 4.44. The molecule has 0 unspecified atom stereocenters. The first kappa shape index (κ1) is 10.8. The van der Waals surface area contributed by atoms with Gasteiger partial charge in [0.2, 0.25) is 0 Å². The predicted octanol–water partition coefficient (Wildman–Crippen LogP) is 1.86. The number of rotatable bonds is 3. The molecule has 0 aromatic carbocycles. The van der Waals surface area contributed by atoms with Gasteiger partial charge in [-0.25, -0.2) is 4.98 Å². The van der Waals surface area contributed by atoms with Gasteiger partial charge in [0.1, 0.15) is 0 Å². The van der Waals surface area contributed by atoms with E-state index in [4.69, 9.17) is 5.11 Å². The summed E-state index contributed by atoms with van der Waals surface area (Å²) in [6.45, 7) is 0. The summed E-state index contributed by atoms with van der Waals surface area (Å²) in [4.78, 5) is 21.7. The van der Waals surface area contributed by atoms with Crippen LogP contribution in [-0.4, -0.2) is 26.0 Å². The van der Waals surface area contributed by atoms with Crippen molar-refractivity contribution in [1.29, 1.82) is 0 Å². The van der Waals surface area contributed by atoms with Gasteiger partial charge in [-0.1, -0.05) is 0 Å². The van der Waals surface area contributed by atoms with E-state index in [-0.39, 0.29) is 6.42 Å². The molecule has 2 rings (SSSR count). The van der Waals surface area contributed by atoms with Crippen LogP contribution in [0.15, 0.2) is 29.3 Å². The zero-order chi connectivity index (χ0) is 11.5. The number of aromatic nitrogens is 3. The fourth-order valence-electron chi connectivity index (χ4n) is 1.40. The lowest BCUT2D eigenvalue weighted by atomic mass is 10.1. The number of halogens is 1. The van der Waals surface area contributed by atoms with E-state index < -0.39 is 5.97 Å². The van der Waals surface area contributed by atoms with Crippen molar-refractivity contribution in [1.82, 2.24) is 15.0 Å². The van der Waals surface area contributed by atoms with Crippen molar-refractivity contribution in [3.05, 3.63) is 35.0 Å². The van der Waals surface area contributed by atoms with Crippen molar-refractivity contribution in [2.45, 2.75) is 6.42 Å². The van der Waals surface area contributed by atoms with E-state index in [9.17, 15) is 4.79 Å². The zero-order valence-electron chi connectivity index (χ0n) is 8.14. The van der Waals surface area contributed by atoms with Crippen LogP contribution in [0.4, 0.5) is 0 Å². The van der Waals surface area contributed by atoms with E-state index in [1.165, 1.54) is 0 Å². The molecule has 5 nitrogen and oxygen atoms in total. The van der Waals surface area contributed by atoms with Gasteiger partial charge in [-0.3, -0.25) is 9.78 Å². The van der Waals surface area contributed by atoms with Crippen molar-refractivity contribution in [2.75, 3.05) is 0 Å². The average molecular weight is 282 g/mol. The number of hydrogen-bond donors (Lipinski definition) is 2. The van der Waals surface area contributed by atoms with Crippen LogP contribution in [0.2, 0.25) is 0 Å². The number of nitrogens with zero attached hydrogens (tertiary/aromatic N) is 2. The van der Waals surface area contributed by atoms with Gasteiger partial charge in [0.05, 0.1) is 17.8 Å². The van der Waals surface area contributed by atoms with Gasteiger partial charge >= 0.3 is 5.97 Å². The molecular weight excluding hydrogens is 274 g/mol. The SMILES string of the molecule is O=C(O)Cc1[nH]c(Br)nc1-c1cccnc1. The van der Waals surface area contributed by atoms with Gasteiger partial charge in [-0.15, -0.1) is 0 Å². The van der Waals surface area contributed by atoms with Crippen LogP contribution in [0.1, 0.15) is 5.69 Å². The van der Waals surface area contributed by atoms with Gasteiger partial charge in [0.15, 0.2) is 4.73 Å². The number of aromatic amines is 1. The van der Waals surface area contributed by atoms with E-state index in [0.717, 1.165) is 5.56 Å². The highest BCUT2D eigenvalue weighted by Crippen LogP contribution is 2.23. The number of H-pyrrole nitrogens is 1. The molecule has 0 atom stereocenters. The first-order valence-electron chi connectivity index (χ1n) is 4.53. The quantitative estimate of drug-likeness (QED) is 0.900. The Hall–Kier alpha value is -1.69. The minimum atomic E-state index is -0.902. The Morgan fingerprint density at radius 3 is 3.00 bits per heavy atom. The largest absolute Gasteiger partial charge is 0.481 e. The molecule has 0 aliphatic carbocycles. The summed E-state index contributed by atoms with van der Waals surface area (Å²) >= 11 is 3.19. The normalized spacial score (nSPS) is 10.3. The number of nitrogens with one attached hydrogen (secondary N) is 1. The molecule has 0 aliphatic heterocycles. The molecule has 6 heteroatoms. The molecule has 0 saturated carbocycles. The highest BCUT2D eigenvalue weighted by molar-refractivity contribution is 9.10. The molecule has 0 radical (unpaired) electrons. The number of carboxylic acid groups (broad SMARTS) is 1. The van der Waals surface area contributed by atoms with Gasteiger partial charge < -0.3 is 10.1 Å². The van der Waals surface area contributed by atoms with E-state index in [2.05, 4.69) is 30.9 Å². The molecule has 0 spiro atoms. The second-order valence-electron chi connectivity index (χ2n) is 3.17. The number of carboxylic acids is 1. The van der Waals surface area contributed by atoms with Gasteiger partial charge in [-0.05, 0) is 28.1 Å². The minimum Gasteiger partial charge on any atom is -0.481 e. The third-order valence-corrected chi connectivity index (χ3v) is 2.39. The molecule has 82 valence electrons. The molecule has 2 N–H and O–H groups in total. The molecule has 0 saturated heterocycles. The predicted molar refractivity (Wildman–Crippen MR) is 60.9 cm³/mol. The van der Waals surface area contributed by atoms with E-state index in [0.29, 0.717) is 16.1 Å². The van der Waals surface area contributed by atoms with E-state index >= 15 is 0 Å². The van der Waals surface area contributed by atoms with Gasteiger partial charge in [-0.2, -0.15) is 0 Å². The highest BCUT2D eigenvalue weighted by Gasteiger charge is 2.13. The van der Waals surface area contributed by atoms with Crippen LogP contribution in [0.25, 0.3) is 11.3 Å². The molecule has 0 amide bonds. The first-order valence-corrected chi connectivity index (χ1v) is 5.32. The second-order valence-corrected chi connectivity index (χ2v) is 3.92. The number of aliphatic carboxylic acids is 1. The van der Waals surface area contributed by atoms with E-state index in [1.54, 1.807) is 18.5 Å². The summed E-state index contributed by atoms with van der Waals surface area (Å²) < 4.78 is 0.516. The topological polar surface area (TPSA) is 78.9 Å². The molecule has 0 fully saturated rings. The molecular formula is C10H8BrN3O2. The van der Waals surface area contributed by atoms with E-state index in [1.807, 2.05) is 6.07 Å². The molecule has 2 aromatic heterocycles. The third kappa shape index (κ3) is 2.27. The number of imidazole rings is 1. The molecule has 0 aliphatic rings. The van der Waals surface area contributed by atoms with Crippen LogP contribution in [-0.2, 0) is 11.2 Å². The standard InChI is InChI=1S/C10H8BrN3O2/c11-10-13-7(4-8(15)16)9(14-10)6-2-1-3-12-5-6/h1-3,5H,4H2,(H,13,14)(H,15,16). The summed E-state index contributed by atoms with van der Waals surface area (Å²) in [5, 5.41) is 8.77. The molecule has 16 heavy (non-hydrogen) atoms. The smallest absolute Gasteiger partial charge is 0.309 e. The maximum Gasteiger partial charge on any atom is 0.309 e. The van der Waals surface area contributed by atoms with Crippen molar-refractivity contribution >= 4 is 21.9 Å². The van der Waals surface area contributed by atoms with Crippen LogP contribution in [0, 0.1) is 0 Å². The van der Waals surface area contributed by atoms with Crippen molar-refractivity contribution in [3.8, 4) is 11.3 Å². The maximum atomic E-state index is 10.7. The Balaban J connectivity index is 2.44. The Morgan fingerprint density at radius 2 is 2.38 bits per heavy atom. The summed E-state index contributed by atoms with van der Waals surface area (Å²) in [6, 6.07) is 3.61. The fraction of sp³-hybridized carbons (Fsp3) is 0.100. The maximum absolute atomic E-state index is 10.7. The Bertz CT molecular complexity index is 510. The summed E-state index contributed by atoms with van der Waals surface area (Å²) in [6.07, 6.45) is 3.21. The Morgan fingerprint density at radius 1 is 1.56 bits per heavy atom. The van der Waals surface area contributed by atoms with Gasteiger partial charge in [0.25, 0.3) is 0 Å². The first-order chi connectivity index (χ1) is 7.66. The van der Waals surface area contributed by atoms with Crippen LogP contribution in [0.5, 0.6) is 0 Å². The molecule has 0 bridgehead atoms. The number of carbonyl (C=O) groups is 1. The summed E-state index contributed by atoms with van der Waals surface area (Å²) in [5.41, 5.74) is 1.97. The Kier molecular flexibility index (Phi) is 3.00. The van der Waals surface area contributed by atoms with Gasteiger partial charge in [0, 0.05) is 18.0 Å². The molecule has 2 heterocycles.